The van der Waals surface area contributed by atoms with Crippen LogP contribution in [-0.4, -0.2) is 54.6 Å². The van der Waals surface area contributed by atoms with E-state index in [2.05, 4.69) is 20.0 Å². The molecule has 3 amide bonds. The molecule has 2 aliphatic rings. The zero-order valence-corrected chi connectivity index (χ0v) is 17.3. The number of carbonyl (C=O) groups is 2. The van der Waals surface area contributed by atoms with Crippen LogP contribution in [0.5, 0.6) is 5.88 Å². The predicted octanol–water partition coefficient (Wildman–Crippen LogP) is 3.09. The maximum atomic E-state index is 14.9. The number of amides is 3. The first kappa shape index (κ1) is 21.6. The number of halogens is 3. The Labute approximate surface area is 189 Å². The van der Waals surface area contributed by atoms with Crippen LogP contribution >= 0.6 is 0 Å². The lowest BCUT2D eigenvalue weighted by molar-refractivity contribution is 0.101. The molecule has 0 saturated carbocycles. The highest BCUT2D eigenvalue weighted by Gasteiger charge is 2.36. The van der Waals surface area contributed by atoms with Crippen LogP contribution in [0.1, 0.15) is 0 Å². The Balaban J connectivity index is 1.37. The van der Waals surface area contributed by atoms with Crippen molar-refractivity contribution in [3.8, 4) is 17.0 Å². The van der Waals surface area contributed by atoms with Gasteiger partial charge in [-0.25, -0.2) is 27.7 Å². The summed E-state index contributed by atoms with van der Waals surface area (Å²) in [7, 11) is 0. The minimum Gasteiger partial charge on any atom is -0.471 e. The van der Waals surface area contributed by atoms with Gasteiger partial charge in [-0.3, -0.25) is 9.80 Å². The molecule has 34 heavy (non-hydrogen) atoms. The number of nitrogens with one attached hydrogen (secondary N) is 1. The summed E-state index contributed by atoms with van der Waals surface area (Å²) in [6.07, 6.45) is 0.628. The first-order valence-electron chi connectivity index (χ1n) is 10.1. The van der Waals surface area contributed by atoms with Gasteiger partial charge in [0, 0.05) is 37.0 Å². The molecular weight excluding hydrogens is 459 g/mol. The van der Waals surface area contributed by atoms with Gasteiger partial charge in [0.25, 0.3) is 5.88 Å². The molecule has 13 heteroatoms. The second kappa shape index (κ2) is 8.57. The lowest BCUT2D eigenvalue weighted by Crippen LogP contribution is -2.28. The monoisotopic (exact) mass is 475 g/mol. The van der Waals surface area contributed by atoms with Gasteiger partial charge >= 0.3 is 12.1 Å². The van der Waals surface area contributed by atoms with Gasteiger partial charge in [-0.1, -0.05) is 0 Å². The highest BCUT2D eigenvalue weighted by atomic mass is 19.2. The van der Waals surface area contributed by atoms with Gasteiger partial charge in [-0.15, -0.1) is 0 Å². The molecule has 2 saturated heterocycles. The van der Waals surface area contributed by atoms with Gasteiger partial charge in [0.05, 0.1) is 17.8 Å². The van der Waals surface area contributed by atoms with Crippen molar-refractivity contribution in [1.29, 1.82) is 0 Å². The lowest BCUT2D eigenvalue weighted by atomic mass is 10.0. The van der Waals surface area contributed by atoms with Crippen molar-refractivity contribution in [2.75, 3.05) is 36.0 Å². The van der Waals surface area contributed by atoms with Gasteiger partial charge in [-0.2, -0.15) is 0 Å². The van der Waals surface area contributed by atoms with Crippen molar-refractivity contribution in [3.05, 3.63) is 54.2 Å². The van der Waals surface area contributed by atoms with Gasteiger partial charge in [0.15, 0.2) is 17.7 Å². The molecule has 3 aromatic rings. The fraction of sp³-hybridized carbons (Fsp3) is 0.238. The van der Waals surface area contributed by atoms with E-state index in [4.69, 9.17) is 9.47 Å². The Kier molecular flexibility index (Phi) is 5.43. The van der Waals surface area contributed by atoms with Gasteiger partial charge < -0.3 is 19.3 Å². The number of hydrogen-bond acceptors (Lipinski definition) is 7. The fourth-order valence-electron chi connectivity index (χ4n) is 3.69. The van der Waals surface area contributed by atoms with Crippen molar-refractivity contribution in [1.82, 2.24) is 15.5 Å². The minimum absolute atomic E-state index is 0.0355. The van der Waals surface area contributed by atoms with Crippen LogP contribution in [0.15, 0.2) is 41.2 Å². The number of benzene rings is 1. The van der Waals surface area contributed by atoms with E-state index >= 15 is 0 Å². The van der Waals surface area contributed by atoms with Crippen molar-refractivity contribution in [2.24, 2.45) is 0 Å². The number of nitrogens with zero attached hydrogens (tertiary/aromatic N) is 4. The number of cyclic esters (lactones) is 1. The van der Waals surface area contributed by atoms with Crippen molar-refractivity contribution in [3.63, 3.8) is 0 Å². The molecule has 1 atom stereocenters. The molecule has 2 fully saturated rings. The normalized spacial score (nSPS) is 17.8. The first-order chi connectivity index (χ1) is 16.4. The highest BCUT2D eigenvalue weighted by molar-refractivity contribution is 5.93. The molecule has 0 spiro atoms. The summed E-state index contributed by atoms with van der Waals surface area (Å²) in [5.41, 5.74) is -1.29. The quantitative estimate of drug-likeness (QED) is 0.546. The number of anilines is 2. The molecule has 1 aromatic carbocycles. The Bertz CT molecular complexity index is 1240. The van der Waals surface area contributed by atoms with Crippen LogP contribution in [0.25, 0.3) is 11.1 Å². The summed E-state index contributed by atoms with van der Waals surface area (Å²) in [6.45, 7) is 0.532. The highest BCUT2D eigenvalue weighted by Crippen LogP contribution is 2.35. The van der Waals surface area contributed by atoms with Crippen LogP contribution in [-0.2, 0) is 4.74 Å². The Morgan fingerprint density at radius 1 is 1.15 bits per heavy atom. The van der Waals surface area contributed by atoms with E-state index < -0.39 is 40.9 Å². The number of hydrogen-bond donors (Lipinski definition) is 1. The van der Waals surface area contributed by atoms with Gasteiger partial charge in [0.2, 0.25) is 0 Å². The fourth-order valence-corrected chi connectivity index (χ4v) is 3.69. The number of urea groups is 1. The van der Waals surface area contributed by atoms with Crippen molar-refractivity contribution < 1.29 is 36.8 Å². The molecule has 4 heterocycles. The molecule has 176 valence electrons. The van der Waals surface area contributed by atoms with Crippen molar-refractivity contribution in [2.45, 2.75) is 6.10 Å². The third kappa shape index (κ3) is 3.84. The van der Waals surface area contributed by atoms with E-state index in [-0.39, 0.29) is 36.4 Å². The van der Waals surface area contributed by atoms with E-state index in [1.165, 1.54) is 29.4 Å². The molecule has 0 radical (unpaired) electrons. The van der Waals surface area contributed by atoms with E-state index in [0.717, 1.165) is 17.2 Å². The summed E-state index contributed by atoms with van der Waals surface area (Å²) >= 11 is 0. The molecule has 5 rings (SSSR count). The van der Waals surface area contributed by atoms with Crippen LogP contribution in [0.2, 0.25) is 0 Å². The van der Waals surface area contributed by atoms with Crippen molar-refractivity contribution >= 4 is 23.6 Å². The van der Waals surface area contributed by atoms with E-state index in [9.17, 15) is 22.8 Å². The molecule has 1 unspecified atom stereocenters. The van der Waals surface area contributed by atoms with Crippen LogP contribution < -0.4 is 19.9 Å². The number of rotatable bonds is 6. The first-order valence-corrected chi connectivity index (χ1v) is 10.1. The van der Waals surface area contributed by atoms with E-state index in [1.807, 2.05) is 0 Å². The summed E-state index contributed by atoms with van der Waals surface area (Å²) in [5, 5.41) is 6.16. The zero-order chi connectivity index (χ0) is 23.8. The average Bonchev–Trinajstić information content (AvgIpc) is 3.57. The Hall–Kier alpha value is -4.29. The summed E-state index contributed by atoms with van der Waals surface area (Å²) < 4.78 is 59.8. The largest absolute Gasteiger partial charge is 0.471 e. The molecular formula is C21H16F3N5O5. The molecule has 2 aliphatic heterocycles. The zero-order valence-electron chi connectivity index (χ0n) is 17.3. The number of ether oxygens (including phenoxy) is 2. The molecule has 0 bridgehead atoms. The number of aromatic nitrogens is 2. The minimum atomic E-state index is -1.49. The number of carbonyl (C=O) groups excluding carboxylic acids is 2. The van der Waals surface area contributed by atoms with E-state index in [1.54, 1.807) is 0 Å². The second-order valence-corrected chi connectivity index (χ2v) is 7.43. The van der Waals surface area contributed by atoms with Gasteiger partial charge in [-0.05, 0) is 17.3 Å². The third-order valence-corrected chi connectivity index (χ3v) is 5.31. The van der Waals surface area contributed by atoms with Crippen LogP contribution in [0.3, 0.4) is 0 Å². The maximum Gasteiger partial charge on any atom is 0.414 e. The molecule has 0 aliphatic carbocycles. The topological polar surface area (TPSA) is 110 Å². The lowest BCUT2D eigenvalue weighted by Gasteiger charge is -2.17. The molecule has 1 N–H and O–H groups in total. The smallest absolute Gasteiger partial charge is 0.414 e. The van der Waals surface area contributed by atoms with Gasteiger partial charge in [0.1, 0.15) is 24.5 Å². The summed E-state index contributed by atoms with van der Waals surface area (Å²) in [6, 6.07) is 4.56. The standard InChI is InChI=1S/C21H16F3N5O5/c22-13-7-14(29-9-12(34-21(29)31)10-32-16-3-6-33-27-16)18(23)19(24)17(13)11-1-2-15(26-8-11)28-5-4-25-20(28)30/h1-3,6-8,12H,4-5,9-10H2,(H,25,30). The Morgan fingerprint density at radius 3 is 2.68 bits per heavy atom. The third-order valence-electron chi connectivity index (χ3n) is 5.31. The van der Waals surface area contributed by atoms with Crippen LogP contribution in [0, 0.1) is 17.5 Å². The summed E-state index contributed by atoms with van der Waals surface area (Å²) in [5.74, 6) is -3.56. The maximum absolute atomic E-state index is 14.9. The molecule has 2 aromatic heterocycles. The Morgan fingerprint density at radius 2 is 2.00 bits per heavy atom. The summed E-state index contributed by atoms with van der Waals surface area (Å²) in [4.78, 5) is 30.2. The van der Waals surface area contributed by atoms with E-state index in [0.29, 0.717) is 13.1 Å². The van der Waals surface area contributed by atoms with Crippen LogP contribution in [0.4, 0.5) is 34.3 Å². The second-order valence-electron chi connectivity index (χ2n) is 7.43. The SMILES string of the molecule is O=C1NCCN1c1ccc(-c2c(F)cc(N3CC(COc4ccon4)OC3=O)c(F)c2F)cn1. The average molecular weight is 475 g/mol. The molecule has 10 nitrogen and oxygen atoms in total. The predicted molar refractivity (Wildman–Crippen MR) is 110 cm³/mol. The number of pyridine rings is 1.